The average Bonchev–Trinajstić information content (AvgIpc) is 3.23. The molecule has 0 atom stereocenters. The fraction of sp³-hybridized carbons (Fsp3) is 0.357. The molecule has 7 nitrogen and oxygen atoms in total. The maximum Gasteiger partial charge on any atom is 0.227 e. The molecule has 35 heavy (non-hydrogen) atoms. The van der Waals surface area contributed by atoms with E-state index in [-0.39, 0.29) is 11.8 Å². The van der Waals surface area contributed by atoms with Crippen LogP contribution < -0.4 is 10.2 Å². The van der Waals surface area contributed by atoms with E-state index in [1.54, 1.807) is 0 Å². The molecule has 0 saturated carbocycles. The van der Waals surface area contributed by atoms with Gasteiger partial charge in [0, 0.05) is 24.7 Å². The molecule has 0 spiro atoms. The molecule has 4 aromatic rings. The van der Waals surface area contributed by atoms with E-state index < -0.39 is 0 Å². The van der Waals surface area contributed by atoms with Gasteiger partial charge in [0.05, 0.1) is 22.5 Å². The molecule has 0 bridgehead atoms. The van der Waals surface area contributed by atoms with Crippen molar-refractivity contribution in [3.8, 4) is 5.69 Å². The fourth-order valence-electron chi connectivity index (χ4n) is 4.89. The molecular weight excluding hydrogens is 436 g/mol. The van der Waals surface area contributed by atoms with Crippen LogP contribution in [0.2, 0.25) is 0 Å². The number of aryl methyl sites for hydroxylation is 2. The zero-order chi connectivity index (χ0) is 24.5. The highest BCUT2D eigenvalue weighted by Gasteiger charge is 2.28. The van der Waals surface area contributed by atoms with Crippen molar-refractivity contribution in [2.45, 2.75) is 46.5 Å². The molecule has 0 unspecified atom stereocenters. The SMILES string of the molecule is Cc1nnc(N2CCC(C(=O)Nc3ccc(C(C)C)cc3)CC2)c2nn(-c3ccccc3)c(C)c12. The van der Waals surface area contributed by atoms with Crippen molar-refractivity contribution in [1.29, 1.82) is 0 Å². The monoisotopic (exact) mass is 468 g/mol. The number of piperidine rings is 1. The number of fused-ring (bicyclic) bond motifs is 1. The summed E-state index contributed by atoms with van der Waals surface area (Å²) >= 11 is 0. The number of nitrogens with zero attached hydrogens (tertiary/aromatic N) is 5. The van der Waals surface area contributed by atoms with Gasteiger partial charge in [-0.3, -0.25) is 4.79 Å². The van der Waals surface area contributed by atoms with Crippen LogP contribution in [-0.2, 0) is 4.79 Å². The van der Waals surface area contributed by atoms with E-state index in [4.69, 9.17) is 5.10 Å². The number of amides is 1. The van der Waals surface area contributed by atoms with E-state index >= 15 is 0 Å². The molecule has 7 heteroatoms. The Bertz CT molecular complexity index is 1340. The normalized spacial score (nSPS) is 14.6. The smallest absolute Gasteiger partial charge is 0.227 e. The van der Waals surface area contributed by atoms with Gasteiger partial charge in [0.1, 0.15) is 5.52 Å². The Balaban J connectivity index is 1.32. The average molecular weight is 469 g/mol. The second-order valence-corrected chi connectivity index (χ2v) is 9.69. The molecule has 1 aliphatic heterocycles. The summed E-state index contributed by atoms with van der Waals surface area (Å²) < 4.78 is 1.97. The second-order valence-electron chi connectivity index (χ2n) is 9.69. The van der Waals surface area contributed by atoms with Crippen LogP contribution in [0.25, 0.3) is 16.6 Å². The van der Waals surface area contributed by atoms with Crippen molar-refractivity contribution in [2.75, 3.05) is 23.3 Å². The Labute approximate surface area is 206 Å². The van der Waals surface area contributed by atoms with Crippen LogP contribution in [0, 0.1) is 19.8 Å². The first-order chi connectivity index (χ1) is 16.9. The van der Waals surface area contributed by atoms with Crippen molar-refractivity contribution in [2.24, 2.45) is 5.92 Å². The van der Waals surface area contributed by atoms with Gasteiger partial charge < -0.3 is 10.2 Å². The lowest BCUT2D eigenvalue weighted by Crippen LogP contribution is -2.38. The standard InChI is InChI=1S/C28H32N6O/c1-18(2)21-10-12-23(13-11-21)29-28(35)22-14-16-33(17-15-22)27-26-25(19(3)30-31-27)20(4)34(32-26)24-8-6-5-7-9-24/h5-13,18,22H,14-17H2,1-4H3,(H,29,35). The minimum Gasteiger partial charge on any atom is -0.353 e. The molecule has 3 heterocycles. The van der Waals surface area contributed by atoms with Crippen molar-refractivity contribution in [1.82, 2.24) is 20.0 Å². The molecule has 1 saturated heterocycles. The number of rotatable bonds is 5. The van der Waals surface area contributed by atoms with Gasteiger partial charge in [-0.25, -0.2) is 4.68 Å². The molecule has 1 fully saturated rings. The highest BCUT2D eigenvalue weighted by Crippen LogP contribution is 2.31. The minimum absolute atomic E-state index is 0.0199. The summed E-state index contributed by atoms with van der Waals surface area (Å²) in [6.45, 7) is 9.88. The van der Waals surface area contributed by atoms with Crippen molar-refractivity contribution in [3.63, 3.8) is 0 Å². The Kier molecular flexibility index (Phi) is 6.24. The van der Waals surface area contributed by atoms with Gasteiger partial charge in [-0.1, -0.05) is 44.2 Å². The van der Waals surface area contributed by atoms with Crippen LogP contribution in [-0.4, -0.2) is 39.0 Å². The van der Waals surface area contributed by atoms with Gasteiger partial charge in [-0.05, 0) is 62.4 Å². The summed E-state index contributed by atoms with van der Waals surface area (Å²) in [4.78, 5) is 15.1. The molecule has 1 amide bonds. The number of para-hydroxylation sites is 1. The molecule has 1 aliphatic rings. The molecule has 180 valence electrons. The van der Waals surface area contributed by atoms with Crippen LogP contribution in [0.15, 0.2) is 54.6 Å². The zero-order valence-electron chi connectivity index (χ0n) is 20.8. The number of hydrogen-bond acceptors (Lipinski definition) is 5. The lowest BCUT2D eigenvalue weighted by Gasteiger charge is -2.32. The number of aromatic nitrogens is 4. The third-order valence-electron chi connectivity index (χ3n) is 7.00. The van der Waals surface area contributed by atoms with E-state index in [1.807, 2.05) is 41.9 Å². The third kappa shape index (κ3) is 4.50. The highest BCUT2D eigenvalue weighted by molar-refractivity contribution is 5.94. The van der Waals surface area contributed by atoms with Crippen LogP contribution in [0.1, 0.15) is 49.6 Å². The minimum atomic E-state index is -0.0199. The summed E-state index contributed by atoms with van der Waals surface area (Å²) in [6.07, 6.45) is 1.54. The number of carbonyl (C=O) groups is 1. The van der Waals surface area contributed by atoms with Crippen molar-refractivity contribution >= 4 is 28.3 Å². The Morgan fingerprint density at radius 1 is 0.971 bits per heavy atom. The third-order valence-corrected chi connectivity index (χ3v) is 7.00. The van der Waals surface area contributed by atoms with E-state index in [2.05, 4.69) is 65.5 Å². The fourth-order valence-corrected chi connectivity index (χ4v) is 4.89. The molecule has 0 aliphatic carbocycles. The van der Waals surface area contributed by atoms with E-state index in [0.717, 1.165) is 65.4 Å². The Hall–Kier alpha value is -3.74. The number of carbonyl (C=O) groups excluding carboxylic acids is 1. The lowest BCUT2D eigenvalue weighted by atomic mass is 9.95. The Morgan fingerprint density at radius 3 is 2.31 bits per heavy atom. The summed E-state index contributed by atoms with van der Waals surface area (Å²) in [5, 5.41) is 18.1. The van der Waals surface area contributed by atoms with E-state index in [0.29, 0.717) is 5.92 Å². The Morgan fingerprint density at radius 2 is 1.66 bits per heavy atom. The maximum atomic E-state index is 12.9. The first-order valence-electron chi connectivity index (χ1n) is 12.4. The molecule has 5 rings (SSSR count). The second kappa shape index (κ2) is 9.49. The van der Waals surface area contributed by atoms with Gasteiger partial charge >= 0.3 is 0 Å². The molecule has 0 radical (unpaired) electrons. The molecule has 2 aromatic carbocycles. The summed E-state index contributed by atoms with van der Waals surface area (Å²) in [6, 6.07) is 18.3. The predicted octanol–water partition coefficient (Wildman–Crippen LogP) is 5.41. The van der Waals surface area contributed by atoms with E-state index in [1.165, 1.54) is 5.56 Å². The number of nitrogens with one attached hydrogen (secondary N) is 1. The van der Waals surface area contributed by atoms with Gasteiger partial charge in [0.2, 0.25) is 5.91 Å². The first kappa shape index (κ1) is 23.0. The highest BCUT2D eigenvalue weighted by atomic mass is 16.1. The number of anilines is 2. The van der Waals surface area contributed by atoms with Gasteiger partial charge in [0.15, 0.2) is 5.82 Å². The van der Waals surface area contributed by atoms with Gasteiger partial charge in [-0.2, -0.15) is 10.2 Å². The quantitative estimate of drug-likeness (QED) is 0.424. The summed E-state index contributed by atoms with van der Waals surface area (Å²) in [7, 11) is 0. The van der Waals surface area contributed by atoms with Gasteiger partial charge in [0.25, 0.3) is 0 Å². The topological polar surface area (TPSA) is 75.9 Å². The van der Waals surface area contributed by atoms with Crippen molar-refractivity contribution in [3.05, 3.63) is 71.5 Å². The van der Waals surface area contributed by atoms with Crippen LogP contribution in [0.4, 0.5) is 11.5 Å². The molecule has 2 aromatic heterocycles. The largest absolute Gasteiger partial charge is 0.353 e. The predicted molar refractivity (Wildman–Crippen MR) is 140 cm³/mol. The van der Waals surface area contributed by atoms with E-state index in [9.17, 15) is 4.79 Å². The summed E-state index contributed by atoms with van der Waals surface area (Å²) in [5.74, 6) is 1.34. The van der Waals surface area contributed by atoms with Crippen LogP contribution >= 0.6 is 0 Å². The number of hydrogen-bond donors (Lipinski definition) is 1. The van der Waals surface area contributed by atoms with Crippen molar-refractivity contribution < 1.29 is 4.79 Å². The van der Waals surface area contributed by atoms with Crippen LogP contribution in [0.3, 0.4) is 0 Å². The summed E-state index contributed by atoms with van der Waals surface area (Å²) in [5.41, 5.74) is 5.94. The molecular formula is C28H32N6O. The van der Waals surface area contributed by atoms with Gasteiger partial charge in [-0.15, -0.1) is 5.10 Å². The zero-order valence-corrected chi connectivity index (χ0v) is 20.8. The molecule has 1 N–H and O–H groups in total. The lowest BCUT2D eigenvalue weighted by molar-refractivity contribution is -0.120. The number of benzene rings is 2. The van der Waals surface area contributed by atoms with Crippen LogP contribution in [0.5, 0.6) is 0 Å². The maximum absolute atomic E-state index is 12.9. The first-order valence-corrected chi connectivity index (χ1v) is 12.4.